The van der Waals surface area contributed by atoms with E-state index in [9.17, 15) is 19.2 Å². The number of anilines is 1. The summed E-state index contributed by atoms with van der Waals surface area (Å²) in [6.07, 6.45) is 1.67. The maximum absolute atomic E-state index is 12.9. The number of para-hydroxylation sites is 1. The van der Waals surface area contributed by atoms with Crippen LogP contribution >= 0.6 is 11.8 Å². The third kappa shape index (κ3) is 5.04. The van der Waals surface area contributed by atoms with Crippen molar-refractivity contribution in [1.82, 2.24) is 9.47 Å². The Balaban J connectivity index is 1.53. The van der Waals surface area contributed by atoms with Gasteiger partial charge in [0.05, 0.1) is 17.6 Å². The van der Waals surface area contributed by atoms with E-state index in [1.165, 1.54) is 7.11 Å². The van der Waals surface area contributed by atoms with Crippen LogP contribution in [0.3, 0.4) is 0 Å². The number of ether oxygens (including phenoxy) is 1. The minimum absolute atomic E-state index is 0.254. The number of esters is 1. The molecule has 35 heavy (non-hydrogen) atoms. The zero-order chi connectivity index (χ0) is 25.1. The van der Waals surface area contributed by atoms with Gasteiger partial charge >= 0.3 is 5.97 Å². The molecule has 0 aliphatic carbocycles. The molecular formula is C26H23N3O5S. The Morgan fingerprint density at radius 1 is 1.03 bits per heavy atom. The second-order valence-corrected chi connectivity index (χ2v) is 8.88. The number of thioether (sulfide) groups is 1. The lowest BCUT2D eigenvalue weighted by Gasteiger charge is -2.12. The molecule has 8 nitrogen and oxygen atoms in total. The van der Waals surface area contributed by atoms with Crippen LogP contribution in [0.2, 0.25) is 0 Å². The summed E-state index contributed by atoms with van der Waals surface area (Å²) in [6.45, 7) is 3.48. The summed E-state index contributed by atoms with van der Waals surface area (Å²) < 4.78 is 6.74. The fraction of sp³-hybridized carbons (Fsp3) is 0.154. The Morgan fingerprint density at radius 2 is 1.71 bits per heavy atom. The van der Waals surface area contributed by atoms with Crippen molar-refractivity contribution in [2.45, 2.75) is 13.8 Å². The molecular weight excluding hydrogens is 466 g/mol. The fourth-order valence-electron chi connectivity index (χ4n) is 3.84. The second kappa shape index (κ2) is 10.0. The van der Waals surface area contributed by atoms with Gasteiger partial charge in [-0.2, -0.15) is 0 Å². The Morgan fingerprint density at radius 3 is 2.37 bits per heavy atom. The maximum atomic E-state index is 12.9. The molecule has 3 aromatic rings. The summed E-state index contributed by atoms with van der Waals surface area (Å²) in [5, 5.41) is 2.19. The molecule has 4 rings (SSSR count). The van der Waals surface area contributed by atoms with Crippen LogP contribution in [0, 0.1) is 13.8 Å². The van der Waals surface area contributed by atoms with E-state index in [-0.39, 0.29) is 11.4 Å². The van der Waals surface area contributed by atoms with E-state index in [1.54, 1.807) is 42.5 Å². The number of amides is 3. The number of hydrogen-bond donors (Lipinski definition) is 1. The highest BCUT2D eigenvalue weighted by Gasteiger charge is 2.36. The highest BCUT2D eigenvalue weighted by atomic mass is 32.2. The van der Waals surface area contributed by atoms with E-state index >= 15 is 0 Å². The SMILES string of the molecule is COC(=O)c1ccc(-n2c(C)cc(/C=C3\SC(=O)N(CC(=O)Nc4ccccc4)C3=O)c2C)cc1. The molecule has 0 atom stereocenters. The first-order valence-corrected chi connectivity index (χ1v) is 11.6. The molecule has 0 spiro atoms. The minimum Gasteiger partial charge on any atom is -0.465 e. The lowest BCUT2D eigenvalue weighted by Crippen LogP contribution is -2.36. The van der Waals surface area contributed by atoms with Gasteiger partial charge in [0.1, 0.15) is 6.54 Å². The van der Waals surface area contributed by atoms with Crippen molar-refractivity contribution in [3.8, 4) is 5.69 Å². The average Bonchev–Trinajstić information content (AvgIpc) is 3.28. The van der Waals surface area contributed by atoms with Crippen LogP contribution in [0.1, 0.15) is 27.3 Å². The molecule has 0 unspecified atom stereocenters. The van der Waals surface area contributed by atoms with E-state index in [0.29, 0.717) is 11.3 Å². The topological polar surface area (TPSA) is 97.7 Å². The molecule has 0 radical (unpaired) electrons. The molecule has 3 amide bonds. The quantitative estimate of drug-likeness (QED) is 0.403. The monoisotopic (exact) mass is 489 g/mol. The molecule has 0 bridgehead atoms. The molecule has 1 saturated heterocycles. The molecule has 1 aliphatic rings. The molecule has 1 N–H and O–H groups in total. The highest BCUT2D eigenvalue weighted by Crippen LogP contribution is 2.33. The maximum Gasteiger partial charge on any atom is 0.337 e. The van der Waals surface area contributed by atoms with Crippen molar-refractivity contribution >= 4 is 46.5 Å². The molecule has 1 aromatic heterocycles. The summed E-state index contributed by atoms with van der Waals surface area (Å²) in [5.41, 5.74) is 4.44. The number of carbonyl (C=O) groups excluding carboxylic acids is 4. The number of nitrogens with zero attached hydrogens (tertiary/aromatic N) is 2. The first kappa shape index (κ1) is 24.0. The highest BCUT2D eigenvalue weighted by molar-refractivity contribution is 8.18. The number of nitrogens with one attached hydrogen (secondary N) is 1. The van der Waals surface area contributed by atoms with E-state index in [1.807, 2.05) is 42.7 Å². The Kier molecular flexibility index (Phi) is 6.88. The third-order valence-electron chi connectivity index (χ3n) is 5.54. The van der Waals surface area contributed by atoms with Gasteiger partial charge in [-0.15, -0.1) is 0 Å². The van der Waals surface area contributed by atoms with Crippen molar-refractivity contribution < 1.29 is 23.9 Å². The van der Waals surface area contributed by atoms with E-state index in [4.69, 9.17) is 4.74 Å². The zero-order valence-corrected chi connectivity index (χ0v) is 20.2. The average molecular weight is 490 g/mol. The van der Waals surface area contributed by atoms with E-state index in [2.05, 4.69) is 5.32 Å². The molecule has 0 saturated carbocycles. The lowest BCUT2D eigenvalue weighted by atomic mass is 10.2. The van der Waals surface area contributed by atoms with Gasteiger partial charge in [0, 0.05) is 22.8 Å². The smallest absolute Gasteiger partial charge is 0.337 e. The Bertz CT molecular complexity index is 1340. The molecule has 9 heteroatoms. The number of aryl methyl sites for hydroxylation is 1. The van der Waals surface area contributed by atoms with Gasteiger partial charge in [-0.05, 0) is 79.7 Å². The minimum atomic E-state index is -0.504. The van der Waals surface area contributed by atoms with Crippen LogP contribution in [-0.2, 0) is 14.3 Å². The Labute approximate surface area is 206 Å². The van der Waals surface area contributed by atoms with Gasteiger partial charge in [0.25, 0.3) is 11.1 Å². The largest absolute Gasteiger partial charge is 0.465 e. The second-order valence-electron chi connectivity index (χ2n) is 7.88. The molecule has 2 heterocycles. The van der Waals surface area contributed by atoms with Gasteiger partial charge < -0.3 is 14.6 Å². The summed E-state index contributed by atoms with van der Waals surface area (Å²) in [7, 11) is 1.33. The van der Waals surface area contributed by atoms with Gasteiger partial charge in [-0.1, -0.05) is 18.2 Å². The van der Waals surface area contributed by atoms with E-state index in [0.717, 1.165) is 39.3 Å². The van der Waals surface area contributed by atoms with Crippen molar-refractivity contribution in [2.24, 2.45) is 0 Å². The van der Waals surface area contributed by atoms with Gasteiger partial charge in [-0.3, -0.25) is 19.3 Å². The summed E-state index contributed by atoms with van der Waals surface area (Å²) in [5.74, 6) is -1.37. The molecule has 1 aliphatic heterocycles. The lowest BCUT2D eigenvalue weighted by molar-refractivity contribution is -0.127. The fourth-order valence-corrected chi connectivity index (χ4v) is 4.67. The summed E-state index contributed by atoms with van der Waals surface area (Å²) in [6, 6.07) is 17.8. The van der Waals surface area contributed by atoms with Crippen molar-refractivity contribution in [2.75, 3.05) is 19.0 Å². The molecule has 1 fully saturated rings. The molecule has 2 aromatic carbocycles. The van der Waals surface area contributed by atoms with Crippen molar-refractivity contribution in [3.63, 3.8) is 0 Å². The van der Waals surface area contributed by atoms with Gasteiger partial charge in [0.15, 0.2) is 0 Å². The third-order valence-corrected chi connectivity index (χ3v) is 6.44. The van der Waals surface area contributed by atoms with Crippen LogP contribution in [0.25, 0.3) is 11.8 Å². The zero-order valence-electron chi connectivity index (χ0n) is 19.4. The number of imide groups is 1. The van der Waals surface area contributed by atoms with Gasteiger partial charge in [0.2, 0.25) is 5.91 Å². The van der Waals surface area contributed by atoms with Crippen LogP contribution < -0.4 is 5.32 Å². The number of benzene rings is 2. The normalized spacial score (nSPS) is 14.5. The number of methoxy groups -OCH3 is 1. The standard InChI is InChI=1S/C26H23N3O5S/c1-16-13-19(17(2)29(16)21-11-9-18(10-12-21)25(32)34-3)14-22-24(31)28(26(33)35-22)15-23(30)27-20-7-5-4-6-8-20/h4-14H,15H2,1-3H3,(H,27,30)/b22-14-. The number of carbonyl (C=O) groups is 4. The summed E-state index contributed by atoms with van der Waals surface area (Å²) in [4.78, 5) is 50.6. The predicted molar refractivity (Wildman–Crippen MR) is 134 cm³/mol. The van der Waals surface area contributed by atoms with Crippen molar-refractivity contribution in [1.29, 1.82) is 0 Å². The van der Waals surface area contributed by atoms with Crippen LogP contribution in [0.4, 0.5) is 10.5 Å². The van der Waals surface area contributed by atoms with E-state index < -0.39 is 23.0 Å². The Hall–Kier alpha value is -4.11. The first-order chi connectivity index (χ1) is 16.8. The predicted octanol–water partition coefficient (Wildman–Crippen LogP) is 4.56. The number of aromatic nitrogens is 1. The summed E-state index contributed by atoms with van der Waals surface area (Å²) >= 11 is 0.810. The van der Waals surface area contributed by atoms with Crippen LogP contribution in [-0.4, -0.2) is 46.1 Å². The van der Waals surface area contributed by atoms with Gasteiger partial charge in [-0.25, -0.2) is 4.79 Å². The molecule has 178 valence electrons. The van der Waals surface area contributed by atoms with Crippen LogP contribution in [0.5, 0.6) is 0 Å². The number of hydrogen-bond acceptors (Lipinski definition) is 6. The van der Waals surface area contributed by atoms with Crippen LogP contribution in [0.15, 0.2) is 65.6 Å². The number of rotatable bonds is 6. The first-order valence-electron chi connectivity index (χ1n) is 10.8. The van der Waals surface area contributed by atoms with Crippen molar-refractivity contribution in [3.05, 3.63) is 88.1 Å².